The molecule has 0 saturated carbocycles. The van der Waals surface area contributed by atoms with E-state index >= 15 is 0 Å². The van der Waals surface area contributed by atoms with Gasteiger partial charge in [0.25, 0.3) is 0 Å². The normalized spacial score (nSPS) is 16.1. The van der Waals surface area contributed by atoms with E-state index in [-0.39, 0.29) is 23.1 Å². The molecule has 0 bridgehead atoms. The highest BCUT2D eigenvalue weighted by Gasteiger charge is 2.23. The Morgan fingerprint density at radius 3 is 2.08 bits per heavy atom. The van der Waals surface area contributed by atoms with Crippen molar-refractivity contribution >= 4 is 11.8 Å². The van der Waals surface area contributed by atoms with Gasteiger partial charge >= 0.3 is 0 Å². The van der Waals surface area contributed by atoms with E-state index < -0.39 is 0 Å². The first-order chi connectivity index (χ1) is 11.7. The average molecular weight is 344 g/mol. The van der Waals surface area contributed by atoms with Crippen molar-refractivity contribution in [3.8, 4) is 0 Å². The highest BCUT2D eigenvalue weighted by atomic mass is 16.2. The summed E-state index contributed by atoms with van der Waals surface area (Å²) in [5.41, 5.74) is 2.46. The van der Waals surface area contributed by atoms with Crippen molar-refractivity contribution < 1.29 is 9.59 Å². The lowest BCUT2D eigenvalue weighted by molar-refractivity contribution is -0.135. The first-order valence-electron chi connectivity index (χ1n) is 9.34. The Hall–Kier alpha value is -1.84. The van der Waals surface area contributed by atoms with E-state index in [1.165, 1.54) is 5.56 Å². The molecule has 1 heterocycles. The van der Waals surface area contributed by atoms with Crippen LogP contribution in [0.25, 0.3) is 0 Å². The van der Waals surface area contributed by atoms with Crippen molar-refractivity contribution in [2.75, 3.05) is 26.2 Å². The van der Waals surface area contributed by atoms with E-state index in [9.17, 15) is 9.59 Å². The fraction of sp³-hybridized carbons (Fsp3) is 0.619. The Kier molecular flexibility index (Phi) is 6.26. The molecule has 2 rings (SSSR count). The molecule has 4 nitrogen and oxygen atoms in total. The molecule has 1 fully saturated rings. The van der Waals surface area contributed by atoms with Gasteiger partial charge in [-0.2, -0.15) is 0 Å². The van der Waals surface area contributed by atoms with E-state index in [4.69, 9.17) is 0 Å². The second kappa shape index (κ2) is 8.03. The molecule has 1 aromatic carbocycles. The minimum absolute atomic E-state index is 0.0172. The summed E-state index contributed by atoms with van der Waals surface area (Å²) >= 11 is 0. The zero-order valence-electron chi connectivity index (χ0n) is 16.3. The van der Waals surface area contributed by atoms with Gasteiger partial charge in [0.1, 0.15) is 0 Å². The van der Waals surface area contributed by atoms with E-state index in [0.717, 1.165) is 25.1 Å². The summed E-state index contributed by atoms with van der Waals surface area (Å²) in [6.07, 6.45) is 1.29. The molecule has 138 valence electrons. The SMILES string of the molecule is CC(C)C(=O)N1CCCN(C(=O)Cc2ccc(C(C)(C)C)cc2)CC1. The molecule has 4 heteroatoms. The molecule has 0 radical (unpaired) electrons. The minimum atomic E-state index is 0.0172. The molecular formula is C21H32N2O2. The Bertz CT molecular complexity index is 599. The van der Waals surface area contributed by atoms with Gasteiger partial charge in [-0.1, -0.05) is 58.9 Å². The van der Waals surface area contributed by atoms with E-state index in [0.29, 0.717) is 19.5 Å². The van der Waals surface area contributed by atoms with Gasteiger partial charge in [0.2, 0.25) is 11.8 Å². The minimum Gasteiger partial charge on any atom is -0.341 e. The maximum Gasteiger partial charge on any atom is 0.227 e. The van der Waals surface area contributed by atoms with E-state index in [1.807, 2.05) is 23.6 Å². The lowest BCUT2D eigenvalue weighted by Crippen LogP contribution is -2.39. The molecule has 1 aromatic rings. The van der Waals surface area contributed by atoms with Gasteiger partial charge in [-0.3, -0.25) is 9.59 Å². The van der Waals surface area contributed by atoms with Gasteiger partial charge in [0.15, 0.2) is 0 Å². The fourth-order valence-electron chi connectivity index (χ4n) is 3.16. The lowest BCUT2D eigenvalue weighted by Gasteiger charge is -2.23. The van der Waals surface area contributed by atoms with Gasteiger partial charge < -0.3 is 9.80 Å². The summed E-state index contributed by atoms with van der Waals surface area (Å²) in [5.74, 6) is 0.359. The molecule has 25 heavy (non-hydrogen) atoms. The summed E-state index contributed by atoms with van der Waals surface area (Å²) < 4.78 is 0. The summed E-state index contributed by atoms with van der Waals surface area (Å²) in [7, 11) is 0. The lowest BCUT2D eigenvalue weighted by atomic mass is 9.86. The van der Waals surface area contributed by atoms with Crippen LogP contribution in [0, 0.1) is 5.92 Å². The highest BCUT2D eigenvalue weighted by molar-refractivity contribution is 5.80. The van der Waals surface area contributed by atoms with Crippen LogP contribution in [0.1, 0.15) is 52.2 Å². The number of carbonyl (C=O) groups excluding carboxylic acids is 2. The predicted octanol–water partition coefficient (Wildman–Crippen LogP) is 3.24. The number of benzene rings is 1. The third-order valence-corrected chi connectivity index (χ3v) is 4.83. The summed E-state index contributed by atoms with van der Waals surface area (Å²) in [6.45, 7) is 13.2. The fourth-order valence-corrected chi connectivity index (χ4v) is 3.16. The molecule has 0 spiro atoms. The van der Waals surface area contributed by atoms with Crippen LogP contribution in [-0.4, -0.2) is 47.8 Å². The average Bonchev–Trinajstić information content (AvgIpc) is 2.79. The van der Waals surface area contributed by atoms with Crippen LogP contribution in [0.3, 0.4) is 0 Å². The van der Waals surface area contributed by atoms with Crippen LogP contribution < -0.4 is 0 Å². The van der Waals surface area contributed by atoms with Gasteiger partial charge in [-0.15, -0.1) is 0 Å². The van der Waals surface area contributed by atoms with Crippen molar-refractivity contribution in [2.45, 2.75) is 52.9 Å². The molecule has 1 aliphatic heterocycles. The second-order valence-corrected chi connectivity index (χ2v) is 8.34. The van der Waals surface area contributed by atoms with Crippen LogP contribution in [0.4, 0.5) is 0 Å². The Balaban J connectivity index is 1.94. The largest absolute Gasteiger partial charge is 0.341 e. The number of carbonyl (C=O) groups is 2. The molecule has 1 aliphatic rings. The van der Waals surface area contributed by atoms with Crippen LogP contribution in [-0.2, 0) is 21.4 Å². The third-order valence-electron chi connectivity index (χ3n) is 4.83. The molecule has 2 amide bonds. The van der Waals surface area contributed by atoms with Gasteiger partial charge in [0.05, 0.1) is 6.42 Å². The van der Waals surface area contributed by atoms with Crippen molar-refractivity contribution in [3.05, 3.63) is 35.4 Å². The number of nitrogens with zero attached hydrogens (tertiary/aromatic N) is 2. The quantitative estimate of drug-likeness (QED) is 0.844. The van der Waals surface area contributed by atoms with Crippen molar-refractivity contribution in [2.24, 2.45) is 5.92 Å². The molecule has 0 aromatic heterocycles. The maximum absolute atomic E-state index is 12.6. The third kappa shape index (κ3) is 5.32. The van der Waals surface area contributed by atoms with Crippen molar-refractivity contribution in [1.29, 1.82) is 0 Å². The number of amides is 2. The van der Waals surface area contributed by atoms with Crippen LogP contribution in [0.15, 0.2) is 24.3 Å². The van der Waals surface area contributed by atoms with Crippen LogP contribution >= 0.6 is 0 Å². The van der Waals surface area contributed by atoms with E-state index in [2.05, 4.69) is 45.0 Å². The number of rotatable bonds is 3. The Morgan fingerprint density at radius 2 is 1.52 bits per heavy atom. The van der Waals surface area contributed by atoms with Crippen molar-refractivity contribution in [3.63, 3.8) is 0 Å². The van der Waals surface area contributed by atoms with Crippen molar-refractivity contribution in [1.82, 2.24) is 9.80 Å². The number of hydrogen-bond donors (Lipinski definition) is 0. The molecule has 0 aliphatic carbocycles. The van der Waals surface area contributed by atoms with Gasteiger partial charge in [-0.25, -0.2) is 0 Å². The predicted molar refractivity (Wildman–Crippen MR) is 101 cm³/mol. The highest BCUT2D eigenvalue weighted by Crippen LogP contribution is 2.22. The zero-order valence-corrected chi connectivity index (χ0v) is 16.3. The summed E-state index contributed by atoms with van der Waals surface area (Å²) in [5, 5.41) is 0. The summed E-state index contributed by atoms with van der Waals surface area (Å²) in [4.78, 5) is 28.6. The topological polar surface area (TPSA) is 40.6 Å². The molecule has 0 N–H and O–H groups in total. The number of hydrogen-bond acceptors (Lipinski definition) is 2. The molecular weight excluding hydrogens is 312 g/mol. The standard InChI is InChI=1S/C21H32N2O2/c1-16(2)20(25)23-12-6-11-22(13-14-23)19(24)15-17-7-9-18(10-8-17)21(3,4)5/h7-10,16H,6,11-15H2,1-5H3. The molecule has 1 saturated heterocycles. The first kappa shape index (κ1) is 19.5. The van der Waals surface area contributed by atoms with E-state index in [1.54, 1.807) is 0 Å². The maximum atomic E-state index is 12.6. The first-order valence-corrected chi connectivity index (χ1v) is 9.34. The summed E-state index contributed by atoms with van der Waals surface area (Å²) in [6, 6.07) is 8.36. The Morgan fingerprint density at radius 1 is 0.960 bits per heavy atom. The smallest absolute Gasteiger partial charge is 0.227 e. The monoisotopic (exact) mass is 344 g/mol. The van der Waals surface area contributed by atoms with Gasteiger partial charge in [0, 0.05) is 32.1 Å². The van der Waals surface area contributed by atoms with Gasteiger partial charge in [-0.05, 0) is 23.0 Å². The molecule has 0 unspecified atom stereocenters. The zero-order chi connectivity index (χ0) is 18.6. The van der Waals surface area contributed by atoms with Crippen LogP contribution in [0.5, 0.6) is 0 Å². The molecule has 0 atom stereocenters. The second-order valence-electron chi connectivity index (χ2n) is 8.34. The van der Waals surface area contributed by atoms with Crippen LogP contribution in [0.2, 0.25) is 0 Å². The Labute approximate surface area is 152 Å².